The lowest BCUT2D eigenvalue weighted by atomic mass is 10.0. The minimum absolute atomic E-state index is 0.358. The van der Waals surface area contributed by atoms with Crippen molar-refractivity contribution in [1.29, 1.82) is 0 Å². The number of Topliss-reactive ketones (excluding diaryl/α,β-unsaturated/α-hetero) is 1. The monoisotopic (exact) mass is 232 g/mol. The molecule has 88 valence electrons. The van der Waals surface area contributed by atoms with E-state index in [4.69, 9.17) is 4.74 Å². The molecule has 0 heterocycles. The van der Waals surface area contributed by atoms with Crippen LogP contribution in [0.5, 0.6) is 5.75 Å². The van der Waals surface area contributed by atoms with Crippen LogP contribution in [0.3, 0.4) is 0 Å². The summed E-state index contributed by atoms with van der Waals surface area (Å²) in [5, 5.41) is 0. The molecule has 16 heavy (non-hydrogen) atoms. The fraction of sp³-hybridized carbons (Fsp3) is 0.364. The van der Waals surface area contributed by atoms with E-state index >= 15 is 0 Å². The lowest BCUT2D eigenvalue weighted by Crippen LogP contribution is -2.23. The van der Waals surface area contributed by atoms with E-state index in [0.29, 0.717) is 16.9 Å². The molecular formula is C11H11F3O2. The zero-order chi connectivity index (χ0) is 12.5. The number of benzene rings is 1. The van der Waals surface area contributed by atoms with Gasteiger partial charge in [0.15, 0.2) is 0 Å². The summed E-state index contributed by atoms with van der Waals surface area (Å²) in [7, 11) is 1.43. The molecule has 1 aromatic carbocycles. The van der Waals surface area contributed by atoms with Gasteiger partial charge in [0.1, 0.15) is 5.75 Å². The predicted octanol–water partition coefficient (Wildman–Crippen LogP) is 3.06. The number of ketones is 1. The van der Waals surface area contributed by atoms with Crippen LogP contribution < -0.4 is 4.74 Å². The SMILES string of the molecule is COc1c(C)cc(C(=O)C(F)(F)F)cc1C. The van der Waals surface area contributed by atoms with Crippen molar-refractivity contribution in [2.45, 2.75) is 20.0 Å². The van der Waals surface area contributed by atoms with Gasteiger partial charge in [-0.05, 0) is 37.1 Å². The van der Waals surface area contributed by atoms with Crippen molar-refractivity contribution in [1.82, 2.24) is 0 Å². The summed E-state index contributed by atoms with van der Waals surface area (Å²) in [4.78, 5) is 11.0. The van der Waals surface area contributed by atoms with Gasteiger partial charge in [0.05, 0.1) is 7.11 Å². The zero-order valence-corrected chi connectivity index (χ0v) is 9.11. The van der Waals surface area contributed by atoms with Crippen molar-refractivity contribution in [3.05, 3.63) is 28.8 Å². The highest BCUT2D eigenvalue weighted by Gasteiger charge is 2.39. The summed E-state index contributed by atoms with van der Waals surface area (Å²) in [5.41, 5.74) is 0.661. The minimum atomic E-state index is -4.84. The van der Waals surface area contributed by atoms with Crippen LogP contribution in [0.4, 0.5) is 13.2 Å². The van der Waals surface area contributed by atoms with Crippen molar-refractivity contribution in [3.8, 4) is 5.75 Å². The molecule has 0 aliphatic carbocycles. The second kappa shape index (κ2) is 4.15. The van der Waals surface area contributed by atoms with E-state index in [0.717, 1.165) is 0 Å². The molecule has 5 heteroatoms. The maximum Gasteiger partial charge on any atom is 0.454 e. The molecule has 1 rings (SSSR count). The minimum Gasteiger partial charge on any atom is -0.496 e. The van der Waals surface area contributed by atoms with E-state index in [-0.39, 0.29) is 5.56 Å². The van der Waals surface area contributed by atoms with Crippen LogP contribution in [-0.4, -0.2) is 19.1 Å². The zero-order valence-electron chi connectivity index (χ0n) is 9.11. The first-order valence-electron chi connectivity index (χ1n) is 4.54. The fourth-order valence-electron chi connectivity index (χ4n) is 1.57. The summed E-state index contributed by atoms with van der Waals surface area (Å²) >= 11 is 0. The van der Waals surface area contributed by atoms with Crippen molar-refractivity contribution < 1.29 is 22.7 Å². The van der Waals surface area contributed by atoms with Gasteiger partial charge in [0.25, 0.3) is 5.78 Å². The number of carbonyl (C=O) groups is 1. The normalized spacial score (nSPS) is 11.4. The van der Waals surface area contributed by atoms with Gasteiger partial charge in [-0.3, -0.25) is 4.79 Å². The molecule has 2 nitrogen and oxygen atoms in total. The highest BCUT2D eigenvalue weighted by molar-refractivity contribution is 6.00. The Labute approximate surface area is 91.0 Å². The van der Waals surface area contributed by atoms with Crippen LogP contribution in [0.25, 0.3) is 0 Å². The van der Waals surface area contributed by atoms with Gasteiger partial charge in [0, 0.05) is 5.56 Å². The summed E-state index contributed by atoms with van der Waals surface area (Å²) in [6.07, 6.45) is -4.84. The molecule has 0 radical (unpaired) electrons. The number of alkyl halides is 3. The average Bonchev–Trinajstić information content (AvgIpc) is 2.14. The number of ether oxygens (including phenoxy) is 1. The Morgan fingerprint density at radius 2 is 1.62 bits per heavy atom. The molecule has 0 spiro atoms. The molecule has 0 amide bonds. The Kier molecular flexibility index (Phi) is 3.26. The maximum absolute atomic E-state index is 12.2. The third kappa shape index (κ3) is 2.35. The molecule has 0 unspecified atom stereocenters. The Morgan fingerprint density at radius 3 is 1.94 bits per heavy atom. The van der Waals surface area contributed by atoms with Gasteiger partial charge in [0.2, 0.25) is 0 Å². The van der Waals surface area contributed by atoms with Crippen molar-refractivity contribution >= 4 is 5.78 Å². The third-order valence-electron chi connectivity index (χ3n) is 2.18. The molecular weight excluding hydrogens is 221 g/mol. The number of hydrogen-bond donors (Lipinski definition) is 0. The number of hydrogen-bond acceptors (Lipinski definition) is 2. The first kappa shape index (κ1) is 12.5. The van der Waals surface area contributed by atoms with Gasteiger partial charge in [-0.1, -0.05) is 0 Å². The third-order valence-corrected chi connectivity index (χ3v) is 2.18. The van der Waals surface area contributed by atoms with E-state index in [2.05, 4.69) is 0 Å². The molecule has 0 aliphatic heterocycles. The topological polar surface area (TPSA) is 26.3 Å². The van der Waals surface area contributed by atoms with Crippen LogP contribution >= 0.6 is 0 Å². The molecule has 0 atom stereocenters. The average molecular weight is 232 g/mol. The summed E-state index contributed by atoms with van der Waals surface area (Å²) < 4.78 is 41.6. The Bertz CT molecular complexity index is 399. The molecule has 0 aliphatic rings. The largest absolute Gasteiger partial charge is 0.496 e. The van der Waals surface area contributed by atoms with Gasteiger partial charge in [-0.15, -0.1) is 0 Å². The van der Waals surface area contributed by atoms with Gasteiger partial charge in [-0.25, -0.2) is 0 Å². The quantitative estimate of drug-likeness (QED) is 0.732. The van der Waals surface area contributed by atoms with Crippen LogP contribution in [0, 0.1) is 13.8 Å². The highest BCUT2D eigenvalue weighted by atomic mass is 19.4. The molecule has 0 bridgehead atoms. The van der Waals surface area contributed by atoms with Crippen molar-refractivity contribution in [3.63, 3.8) is 0 Å². The van der Waals surface area contributed by atoms with Gasteiger partial charge < -0.3 is 4.74 Å². The van der Waals surface area contributed by atoms with Gasteiger partial charge in [-0.2, -0.15) is 13.2 Å². The van der Waals surface area contributed by atoms with Crippen LogP contribution in [-0.2, 0) is 0 Å². The second-order valence-corrected chi connectivity index (χ2v) is 3.47. The molecule has 0 fully saturated rings. The smallest absolute Gasteiger partial charge is 0.454 e. The number of methoxy groups -OCH3 is 1. The van der Waals surface area contributed by atoms with Crippen molar-refractivity contribution in [2.24, 2.45) is 0 Å². The maximum atomic E-state index is 12.2. The first-order valence-corrected chi connectivity index (χ1v) is 4.54. The predicted molar refractivity (Wildman–Crippen MR) is 52.9 cm³/mol. The highest BCUT2D eigenvalue weighted by Crippen LogP contribution is 2.28. The van der Waals surface area contributed by atoms with E-state index in [1.807, 2.05) is 0 Å². The number of carbonyl (C=O) groups excluding carboxylic acids is 1. The molecule has 0 saturated carbocycles. The summed E-state index contributed by atoms with van der Waals surface area (Å²) in [6.45, 7) is 3.19. The Balaban J connectivity index is 3.24. The van der Waals surface area contributed by atoms with Crippen LogP contribution in [0.15, 0.2) is 12.1 Å². The van der Waals surface area contributed by atoms with E-state index in [9.17, 15) is 18.0 Å². The van der Waals surface area contributed by atoms with Gasteiger partial charge >= 0.3 is 6.18 Å². The Morgan fingerprint density at radius 1 is 1.19 bits per heavy atom. The summed E-state index contributed by atoms with van der Waals surface area (Å²) in [6, 6.07) is 2.36. The van der Waals surface area contributed by atoms with E-state index in [1.54, 1.807) is 13.8 Å². The van der Waals surface area contributed by atoms with E-state index < -0.39 is 12.0 Å². The molecule has 0 saturated heterocycles. The molecule has 1 aromatic rings. The van der Waals surface area contributed by atoms with Crippen LogP contribution in [0.1, 0.15) is 21.5 Å². The van der Waals surface area contributed by atoms with E-state index in [1.165, 1.54) is 19.2 Å². The summed E-state index contributed by atoms with van der Waals surface area (Å²) in [5.74, 6) is -1.33. The fourth-order valence-corrected chi connectivity index (χ4v) is 1.57. The van der Waals surface area contributed by atoms with Crippen LogP contribution in [0.2, 0.25) is 0 Å². The number of rotatable bonds is 2. The standard InChI is InChI=1S/C11H11F3O2/c1-6-4-8(10(15)11(12,13)14)5-7(2)9(6)16-3/h4-5H,1-3H3. The first-order chi connectivity index (χ1) is 7.27. The Hall–Kier alpha value is -1.52. The number of aryl methyl sites for hydroxylation is 2. The van der Waals surface area contributed by atoms with Crippen molar-refractivity contribution in [2.75, 3.05) is 7.11 Å². The lowest BCUT2D eigenvalue weighted by Gasteiger charge is -2.11. The molecule has 0 aromatic heterocycles. The molecule has 0 N–H and O–H groups in total. The lowest BCUT2D eigenvalue weighted by molar-refractivity contribution is -0.0885. The number of halogens is 3. The second-order valence-electron chi connectivity index (χ2n) is 3.47.